The zero-order valence-corrected chi connectivity index (χ0v) is 25.2. The molecule has 5 rings (SSSR count). The van der Waals surface area contributed by atoms with Crippen LogP contribution in [-0.2, 0) is 4.79 Å². The van der Waals surface area contributed by atoms with Crippen LogP contribution in [0.1, 0.15) is 84.8 Å². The SMILES string of the molecule is CCCCCCCCOc1ccc([C@@H]2CC(=O)Oc3ccc4c(c32)O/C(=C\c2cc(OC)c(OC)c(OC)c2)C4=O)cc1. The van der Waals surface area contributed by atoms with Crippen LogP contribution in [0, 0.1) is 0 Å². The molecule has 2 aliphatic rings. The van der Waals surface area contributed by atoms with Crippen molar-refractivity contribution in [3.8, 4) is 34.5 Å². The number of methoxy groups -OCH3 is 3. The van der Waals surface area contributed by atoms with E-state index in [0.29, 0.717) is 52.0 Å². The summed E-state index contributed by atoms with van der Waals surface area (Å²) in [5.74, 6) is 2.16. The highest BCUT2D eigenvalue weighted by molar-refractivity contribution is 6.15. The van der Waals surface area contributed by atoms with Crippen molar-refractivity contribution >= 4 is 17.8 Å². The largest absolute Gasteiger partial charge is 0.494 e. The molecule has 0 bridgehead atoms. The van der Waals surface area contributed by atoms with E-state index in [-0.39, 0.29) is 29.9 Å². The second-order valence-corrected chi connectivity index (χ2v) is 10.7. The van der Waals surface area contributed by atoms with Gasteiger partial charge in [0.25, 0.3) is 0 Å². The predicted molar refractivity (Wildman–Crippen MR) is 163 cm³/mol. The summed E-state index contributed by atoms with van der Waals surface area (Å²) in [5, 5.41) is 0. The van der Waals surface area contributed by atoms with E-state index in [1.807, 2.05) is 24.3 Å². The van der Waals surface area contributed by atoms with Crippen molar-refractivity contribution < 1.29 is 38.0 Å². The number of carbonyl (C=O) groups excluding carboxylic acids is 2. The quantitative estimate of drug-likeness (QED) is 0.0880. The van der Waals surface area contributed by atoms with Crippen molar-refractivity contribution in [1.29, 1.82) is 0 Å². The number of allylic oxidation sites excluding steroid dienone is 1. The van der Waals surface area contributed by atoms with E-state index >= 15 is 0 Å². The van der Waals surface area contributed by atoms with Crippen LogP contribution in [0.15, 0.2) is 54.3 Å². The topological polar surface area (TPSA) is 89.5 Å². The fourth-order valence-corrected chi connectivity index (χ4v) is 5.60. The van der Waals surface area contributed by atoms with Gasteiger partial charge in [0.2, 0.25) is 11.5 Å². The number of hydrogen-bond acceptors (Lipinski definition) is 8. The molecule has 0 saturated carbocycles. The Morgan fingerprint density at radius 1 is 0.837 bits per heavy atom. The van der Waals surface area contributed by atoms with Crippen molar-refractivity contribution in [2.24, 2.45) is 0 Å². The fourth-order valence-electron chi connectivity index (χ4n) is 5.60. The molecule has 226 valence electrons. The van der Waals surface area contributed by atoms with Gasteiger partial charge in [0.15, 0.2) is 17.3 Å². The molecule has 43 heavy (non-hydrogen) atoms. The van der Waals surface area contributed by atoms with Crippen LogP contribution >= 0.6 is 0 Å². The molecule has 2 heterocycles. The first kappa shape index (κ1) is 30.0. The molecule has 0 aliphatic carbocycles. The zero-order valence-electron chi connectivity index (χ0n) is 25.2. The number of carbonyl (C=O) groups is 2. The summed E-state index contributed by atoms with van der Waals surface area (Å²) in [6, 6.07) is 14.6. The van der Waals surface area contributed by atoms with Gasteiger partial charge in [-0.05, 0) is 60.0 Å². The van der Waals surface area contributed by atoms with Gasteiger partial charge in [0.1, 0.15) is 17.2 Å². The Hall–Kier alpha value is -4.46. The molecule has 8 heteroatoms. The summed E-state index contributed by atoms with van der Waals surface area (Å²) in [5.41, 5.74) is 2.65. The number of unbranched alkanes of at least 4 members (excludes halogenated alkanes) is 5. The summed E-state index contributed by atoms with van der Waals surface area (Å²) in [6.45, 7) is 2.89. The number of ketones is 1. The standard InChI is InChI=1S/C35H38O8/c1-5-6-7-8-9-10-17-41-24-13-11-23(12-14-24)26-21-31(36)42-27-16-15-25-33(37)28(43-34(25)32(26)27)18-22-19-29(38-2)35(40-4)30(20-22)39-3/h11-16,18-20,26H,5-10,17,21H2,1-4H3/b28-18-/t26-/m0/s1. The summed E-state index contributed by atoms with van der Waals surface area (Å²) < 4.78 is 34.1. The molecule has 3 aromatic rings. The van der Waals surface area contributed by atoms with Crippen LogP contribution in [0.2, 0.25) is 0 Å². The van der Waals surface area contributed by atoms with E-state index in [1.54, 1.807) is 30.3 Å². The molecule has 0 N–H and O–H groups in total. The first-order chi connectivity index (χ1) is 21.0. The van der Waals surface area contributed by atoms with E-state index in [4.69, 9.17) is 28.4 Å². The first-order valence-electron chi connectivity index (χ1n) is 14.8. The summed E-state index contributed by atoms with van der Waals surface area (Å²) >= 11 is 0. The third kappa shape index (κ3) is 6.48. The molecule has 0 radical (unpaired) electrons. The number of Topliss-reactive ketones (excluding diaryl/α,β-unsaturated/α-hetero) is 1. The summed E-state index contributed by atoms with van der Waals surface area (Å²) in [4.78, 5) is 26.1. The third-order valence-corrected chi connectivity index (χ3v) is 7.81. The predicted octanol–water partition coefficient (Wildman–Crippen LogP) is 7.51. The smallest absolute Gasteiger partial charge is 0.312 e. The maximum atomic E-state index is 13.5. The van der Waals surface area contributed by atoms with Gasteiger partial charge in [-0.2, -0.15) is 0 Å². The van der Waals surface area contributed by atoms with Crippen molar-refractivity contribution in [2.45, 2.75) is 57.8 Å². The Balaban J connectivity index is 1.38. The van der Waals surface area contributed by atoms with E-state index in [2.05, 4.69) is 6.92 Å². The van der Waals surface area contributed by atoms with Crippen LogP contribution in [0.3, 0.4) is 0 Å². The lowest BCUT2D eigenvalue weighted by molar-refractivity contribution is -0.135. The van der Waals surface area contributed by atoms with Gasteiger partial charge in [-0.25, -0.2) is 0 Å². The first-order valence-corrected chi connectivity index (χ1v) is 14.8. The van der Waals surface area contributed by atoms with E-state index in [0.717, 1.165) is 17.7 Å². The van der Waals surface area contributed by atoms with Crippen LogP contribution in [-0.4, -0.2) is 39.7 Å². The highest BCUT2D eigenvalue weighted by atomic mass is 16.5. The lowest BCUT2D eigenvalue weighted by atomic mass is 9.84. The van der Waals surface area contributed by atoms with Gasteiger partial charge >= 0.3 is 5.97 Å². The second-order valence-electron chi connectivity index (χ2n) is 10.7. The minimum Gasteiger partial charge on any atom is -0.494 e. The maximum Gasteiger partial charge on any atom is 0.312 e. The lowest BCUT2D eigenvalue weighted by Crippen LogP contribution is -2.21. The number of benzene rings is 3. The van der Waals surface area contributed by atoms with Crippen molar-refractivity contribution in [1.82, 2.24) is 0 Å². The van der Waals surface area contributed by atoms with E-state index < -0.39 is 0 Å². The highest BCUT2D eigenvalue weighted by Crippen LogP contribution is 2.49. The molecule has 0 spiro atoms. The van der Waals surface area contributed by atoms with Gasteiger partial charge < -0.3 is 28.4 Å². The van der Waals surface area contributed by atoms with Gasteiger partial charge in [-0.3, -0.25) is 9.59 Å². The number of esters is 1. The average molecular weight is 587 g/mol. The molecule has 3 aromatic carbocycles. The minimum absolute atomic E-state index is 0.130. The van der Waals surface area contributed by atoms with Crippen molar-refractivity contribution in [3.63, 3.8) is 0 Å². The van der Waals surface area contributed by atoms with Crippen LogP contribution in [0.5, 0.6) is 34.5 Å². The second kappa shape index (κ2) is 13.7. The maximum absolute atomic E-state index is 13.5. The van der Waals surface area contributed by atoms with Crippen LogP contribution in [0.4, 0.5) is 0 Å². The molecule has 0 fully saturated rings. The van der Waals surface area contributed by atoms with Crippen LogP contribution in [0.25, 0.3) is 6.08 Å². The minimum atomic E-state index is -0.341. The molecule has 2 aliphatic heterocycles. The number of rotatable bonds is 13. The lowest BCUT2D eigenvalue weighted by Gasteiger charge is -2.26. The number of hydrogen-bond donors (Lipinski definition) is 0. The normalized spacial score (nSPS) is 16.3. The van der Waals surface area contributed by atoms with Crippen molar-refractivity contribution in [2.75, 3.05) is 27.9 Å². The summed E-state index contributed by atoms with van der Waals surface area (Å²) in [6.07, 6.45) is 9.00. The molecular weight excluding hydrogens is 548 g/mol. The Morgan fingerprint density at radius 2 is 1.53 bits per heavy atom. The molecule has 0 amide bonds. The van der Waals surface area contributed by atoms with Gasteiger partial charge in [-0.1, -0.05) is 51.2 Å². The van der Waals surface area contributed by atoms with Crippen LogP contribution < -0.4 is 28.4 Å². The Bertz CT molecular complexity index is 1480. The van der Waals surface area contributed by atoms with E-state index in [9.17, 15) is 9.59 Å². The molecule has 1 atom stereocenters. The Morgan fingerprint density at radius 3 is 2.21 bits per heavy atom. The molecule has 8 nitrogen and oxygen atoms in total. The van der Waals surface area contributed by atoms with Gasteiger partial charge in [0, 0.05) is 11.5 Å². The van der Waals surface area contributed by atoms with E-state index in [1.165, 1.54) is 53.4 Å². The average Bonchev–Trinajstić information content (AvgIpc) is 3.34. The number of fused-ring (bicyclic) bond motifs is 3. The Labute approximate surface area is 252 Å². The number of ether oxygens (including phenoxy) is 6. The summed E-state index contributed by atoms with van der Waals surface area (Å²) in [7, 11) is 4.59. The van der Waals surface area contributed by atoms with Gasteiger partial charge in [0.05, 0.1) is 39.9 Å². The molecule has 0 aromatic heterocycles. The molecule has 0 unspecified atom stereocenters. The van der Waals surface area contributed by atoms with Gasteiger partial charge in [-0.15, -0.1) is 0 Å². The third-order valence-electron chi connectivity index (χ3n) is 7.81. The van der Waals surface area contributed by atoms with Crippen molar-refractivity contribution in [3.05, 3.63) is 76.5 Å². The Kier molecular flexibility index (Phi) is 9.55. The molecular formula is C35H38O8. The monoisotopic (exact) mass is 586 g/mol. The molecule has 0 saturated heterocycles. The highest BCUT2D eigenvalue weighted by Gasteiger charge is 2.38. The zero-order chi connectivity index (χ0) is 30.3. The fraction of sp³-hybridized carbons (Fsp3) is 0.371.